The molecular weight excluding hydrogens is 440 g/mol. The highest BCUT2D eigenvalue weighted by Crippen LogP contribution is 2.22. The van der Waals surface area contributed by atoms with Crippen molar-refractivity contribution in [2.24, 2.45) is 0 Å². The zero-order valence-electron chi connectivity index (χ0n) is 19.0. The van der Waals surface area contributed by atoms with Crippen LogP contribution < -0.4 is 0 Å². The van der Waals surface area contributed by atoms with Crippen molar-refractivity contribution in [2.45, 2.75) is 51.9 Å². The van der Waals surface area contributed by atoms with Crippen LogP contribution in [0.25, 0.3) is 10.8 Å². The minimum atomic E-state index is -4.57. The Hall–Kier alpha value is -1.86. The molecule has 3 rings (SSSR count). The van der Waals surface area contributed by atoms with Crippen molar-refractivity contribution < 1.29 is 17.2 Å². The minimum absolute atomic E-state index is 0.202. The van der Waals surface area contributed by atoms with Crippen molar-refractivity contribution in [3.63, 3.8) is 0 Å². The molecule has 3 aromatic rings. The second kappa shape index (κ2) is 14.3. The van der Waals surface area contributed by atoms with Crippen molar-refractivity contribution in [2.75, 3.05) is 11.5 Å². The van der Waals surface area contributed by atoms with Gasteiger partial charge >= 0.3 is 0 Å². The van der Waals surface area contributed by atoms with Crippen LogP contribution in [0, 0.1) is 0 Å². The molecule has 0 N–H and O–H groups in total. The molecule has 0 atom stereocenters. The number of benzene rings is 3. The van der Waals surface area contributed by atoms with Gasteiger partial charge in [-0.2, -0.15) is 0 Å². The highest BCUT2D eigenvalue weighted by molar-refractivity contribution is 7.96. The summed E-state index contributed by atoms with van der Waals surface area (Å²) in [5.74, 6) is 4.11. The zero-order chi connectivity index (χ0) is 23.2. The summed E-state index contributed by atoms with van der Waals surface area (Å²) in [6, 6.07) is 24.2. The van der Waals surface area contributed by atoms with Crippen LogP contribution in [0.4, 0.5) is 0 Å². The van der Waals surface area contributed by atoms with Gasteiger partial charge in [-0.1, -0.05) is 99.5 Å². The molecule has 0 saturated carbocycles. The lowest BCUT2D eigenvalue weighted by Gasteiger charge is -2.10. The van der Waals surface area contributed by atoms with E-state index in [4.69, 9.17) is 0 Å². The number of hydrogen-bond acceptors (Lipinski definition) is 4. The second-order valence-corrected chi connectivity index (χ2v) is 11.0. The first kappa shape index (κ1) is 26.4. The van der Waals surface area contributed by atoms with E-state index < -0.39 is 10.4 Å². The summed E-state index contributed by atoms with van der Waals surface area (Å²) in [7, 11) is -4.00. The molecule has 4 nitrogen and oxygen atoms in total. The van der Waals surface area contributed by atoms with Gasteiger partial charge in [0.1, 0.15) is 17.3 Å². The quantitative estimate of drug-likeness (QED) is 0.188. The monoisotopic (exact) mass is 474 g/mol. The fourth-order valence-electron chi connectivity index (χ4n) is 3.30. The van der Waals surface area contributed by atoms with Gasteiger partial charge in [-0.15, -0.1) is 0 Å². The molecule has 0 fully saturated rings. The normalized spacial score (nSPS) is 11.4. The topological polar surface area (TPSA) is 66.4 Å². The van der Waals surface area contributed by atoms with E-state index in [1.807, 2.05) is 0 Å². The van der Waals surface area contributed by atoms with Crippen molar-refractivity contribution in [3.8, 4) is 0 Å². The summed E-state index contributed by atoms with van der Waals surface area (Å²) in [6.45, 7) is 4.41. The Morgan fingerprint density at radius 3 is 2.03 bits per heavy atom. The Balaban J connectivity index is 0.000000258. The van der Waals surface area contributed by atoms with Crippen LogP contribution in [-0.2, 0) is 37.8 Å². The van der Waals surface area contributed by atoms with Gasteiger partial charge in [0.05, 0.1) is 6.61 Å². The van der Waals surface area contributed by atoms with E-state index in [2.05, 4.69) is 60.5 Å². The number of hydrogen-bond donors (Lipinski definition) is 0. The van der Waals surface area contributed by atoms with Gasteiger partial charge in [0.2, 0.25) is 10.4 Å². The third-order valence-corrected chi connectivity index (χ3v) is 7.88. The minimum Gasteiger partial charge on any atom is -0.726 e. The van der Waals surface area contributed by atoms with E-state index in [-0.39, 0.29) is 6.61 Å². The summed E-state index contributed by atoms with van der Waals surface area (Å²) < 4.78 is 34.1. The number of unbranched alkanes of at least 4 members (excludes halogenated alkanes) is 2. The van der Waals surface area contributed by atoms with E-state index >= 15 is 0 Å². The van der Waals surface area contributed by atoms with Crippen molar-refractivity contribution in [3.05, 3.63) is 83.9 Å². The van der Waals surface area contributed by atoms with Gasteiger partial charge in [-0.05, 0) is 40.1 Å². The van der Waals surface area contributed by atoms with Crippen LogP contribution in [-0.4, -0.2) is 24.5 Å². The lowest BCUT2D eigenvalue weighted by Crippen LogP contribution is -2.15. The largest absolute Gasteiger partial charge is 0.726 e. The number of rotatable bonds is 11. The smallest absolute Gasteiger partial charge is 0.217 e. The first-order chi connectivity index (χ1) is 15.4. The third-order valence-electron chi connectivity index (χ3n) is 5.03. The average molecular weight is 475 g/mol. The summed E-state index contributed by atoms with van der Waals surface area (Å²) >= 11 is 0. The molecular formula is C26H34O4S2. The molecule has 32 heavy (non-hydrogen) atoms. The Kier molecular flexibility index (Phi) is 11.8. The van der Waals surface area contributed by atoms with Crippen LogP contribution >= 0.6 is 0 Å². The SMILES string of the molecule is CCCC[S+](CCCC)Cc1cccc2ccccc12.O=S(=O)([O-])OCc1ccccc1. The molecule has 0 heterocycles. The number of fused-ring (bicyclic) bond motifs is 1. The maximum absolute atomic E-state index is 10.0. The van der Waals surface area contributed by atoms with E-state index in [0.717, 1.165) is 0 Å². The van der Waals surface area contributed by atoms with Gasteiger partial charge in [0.25, 0.3) is 0 Å². The van der Waals surface area contributed by atoms with Gasteiger partial charge < -0.3 is 4.55 Å². The summed E-state index contributed by atoms with van der Waals surface area (Å²) in [5, 5.41) is 2.85. The maximum atomic E-state index is 10.0. The van der Waals surface area contributed by atoms with E-state index in [9.17, 15) is 13.0 Å². The van der Waals surface area contributed by atoms with E-state index in [1.54, 1.807) is 35.9 Å². The zero-order valence-corrected chi connectivity index (χ0v) is 20.7. The molecule has 0 spiro atoms. The molecule has 174 valence electrons. The summed E-state index contributed by atoms with van der Waals surface area (Å²) in [4.78, 5) is 0. The molecule has 0 amide bonds. The second-order valence-electron chi connectivity index (χ2n) is 7.67. The van der Waals surface area contributed by atoms with Gasteiger partial charge in [-0.25, -0.2) is 8.42 Å². The molecule has 0 aliphatic heterocycles. The van der Waals surface area contributed by atoms with Crippen molar-refractivity contribution >= 4 is 32.1 Å². The highest BCUT2D eigenvalue weighted by atomic mass is 32.3. The van der Waals surface area contributed by atoms with Gasteiger partial charge in [-0.3, -0.25) is 4.18 Å². The molecule has 3 aromatic carbocycles. The Morgan fingerprint density at radius 1 is 0.812 bits per heavy atom. The molecule has 0 bridgehead atoms. The molecule has 0 aliphatic rings. The molecule has 0 radical (unpaired) electrons. The third kappa shape index (κ3) is 10.2. The lowest BCUT2D eigenvalue weighted by atomic mass is 10.1. The van der Waals surface area contributed by atoms with Crippen LogP contribution in [0.5, 0.6) is 0 Å². The predicted molar refractivity (Wildman–Crippen MR) is 135 cm³/mol. The van der Waals surface area contributed by atoms with Gasteiger partial charge in [0.15, 0.2) is 0 Å². The summed E-state index contributed by atoms with van der Waals surface area (Å²) in [6.07, 6.45) is 5.42. The molecule has 0 unspecified atom stereocenters. The maximum Gasteiger partial charge on any atom is 0.217 e. The Labute approximate surface area is 196 Å². The fourth-order valence-corrected chi connectivity index (χ4v) is 6.15. The van der Waals surface area contributed by atoms with Crippen LogP contribution in [0.1, 0.15) is 50.7 Å². The fraction of sp³-hybridized carbons (Fsp3) is 0.385. The highest BCUT2D eigenvalue weighted by Gasteiger charge is 2.18. The van der Waals surface area contributed by atoms with Gasteiger partial charge in [0, 0.05) is 5.56 Å². The average Bonchev–Trinajstić information content (AvgIpc) is 2.80. The van der Waals surface area contributed by atoms with E-state index in [1.165, 1.54) is 53.7 Å². The lowest BCUT2D eigenvalue weighted by molar-refractivity contribution is 0.253. The standard InChI is InChI=1S/C19H27S.C7H8O4S/c1-3-5-14-20(15-6-4-2)16-18-12-9-11-17-10-7-8-13-19(17)18;8-12(9,10)11-6-7-4-2-1-3-5-7/h7-13H,3-6,14-16H2,1-2H3;1-5H,6H2,(H,8,9,10)/q+1;/p-1. The first-order valence-corrected chi connectivity index (χ1v) is 14.2. The molecule has 0 aliphatic carbocycles. The summed E-state index contributed by atoms with van der Waals surface area (Å²) in [5.41, 5.74) is 2.20. The van der Waals surface area contributed by atoms with Crippen LogP contribution in [0.2, 0.25) is 0 Å². The Bertz CT molecular complexity index is 1010. The molecule has 6 heteroatoms. The molecule has 0 saturated heterocycles. The van der Waals surface area contributed by atoms with E-state index in [0.29, 0.717) is 16.5 Å². The predicted octanol–water partition coefficient (Wildman–Crippen LogP) is 6.22. The van der Waals surface area contributed by atoms with Crippen molar-refractivity contribution in [1.29, 1.82) is 0 Å². The first-order valence-electron chi connectivity index (χ1n) is 11.2. The Morgan fingerprint density at radius 2 is 1.41 bits per heavy atom. The van der Waals surface area contributed by atoms with Crippen molar-refractivity contribution in [1.82, 2.24) is 0 Å². The van der Waals surface area contributed by atoms with Crippen LogP contribution in [0.15, 0.2) is 72.8 Å². The molecule has 0 aromatic heterocycles. The van der Waals surface area contributed by atoms with Crippen LogP contribution in [0.3, 0.4) is 0 Å².